The molecule has 10 nitrogen and oxygen atoms in total. The zero-order valence-electron chi connectivity index (χ0n) is 18.7. The predicted octanol–water partition coefficient (Wildman–Crippen LogP) is 4.14. The summed E-state index contributed by atoms with van der Waals surface area (Å²) < 4.78 is 43.2. The molecule has 0 aliphatic rings. The number of halogens is 3. The van der Waals surface area contributed by atoms with Crippen molar-refractivity contribution in [2.75, 3.05) is 5.32 Å². The van der Waals surface area contributed by atoms with Gasteiger partial charge in [0.05, 0.1) is 23.8 Å². The summed E-state index contributed by atoms with van der Waals surface area (Å²) in [6.07, 6.45) is 1.39. The number of rotatable bonds is 5. The third-order valence-corrected chi connectivity index (χ3v) is 6.47. The molecule has 0 bridgehead atoms. The molecule has 0 aliphatic carbocycles. The molecule has 180 valence electrons. The third-order valence-electron chi connectivity index (χ3n) is 5.40. The summed E-state index contributed by atoms with van der Waals surface area (Å²) in [6, 6.07) is 2.67. The quantitative estimate of drug-likeness (QED) is 0.388. The van der Waals surface area contributed by atoms with Gasteiger partial charge in [-0.05, 0) is 32.9 Å². The fourth-order valence-corrected chi connectivity index (χ4v) is 4.58. The first-order chi connectivity index (χ1) is 16.7. The number of amides is 1. The number of carbonyl (C=O) groups is 1. The van der Waals surface area contributed by atoms with E-state index in [9.17, 15) is 18.0 Å². The van der Waals surface area contributed by atoms with Crippen molar-refractivity contribution in [3.8, 4) is 16.3 Å². The molecule has 0 fully saturated rings. The Balaban J connectivity index is 1.44. The Morgan fingerprint density at radius 2 is 1.97 bits per heavy atom. The Kier molecular flexibility index (Phi) is 5.39. The van der Waals surface area contributed by atoms with Crippen molar-refractivity contribution in [1.29, 1.82) is 0 Å². The minimum atomic E-state index is -4.55. The molecule has 14 heteroatoms. The van der Waals surface area contributed by atoms with Gasteiger partial charge in [-0.15, -0.1) is 0 Å². The third kappa shape index (κ3) is 3.95. The highest BCUT2D eigenvalue weighted by molar-refractivity contribution is 7.18. The van der Waals surface area contributed by atoms with Gasteiger partial charge in [0, 0.05) is 30.2 Å². The number of carbonyl (C=O) groups excluding carboxylic acids is 1. The minimum absolute atomic E-state index is 0.210. The minimum Gasteiger partial charge on any atom is -0.298 e. The standard InChI is InChI=1S/C21H18F3N9OS/c1-4-31-12(3)13(9-26-31)15-5-7-25-17-14(10-27-33(15)17)18(34)29-20-28-11(2)19(35-20)32-8-6-16(30-32)21(22,23)24/h5-10H,4H2,1-3H3,(H,28,29,34). The van der Waals surface area contributed by atoms with Gasteiger partial charge in [0.2, 0.25) is 0 Å². The van der Waals surface area contributed by atoms with E-state index in [1.54, 1.807) is 29.9 Å². The van der Waals surface area contributed by atoms with Gasteiger partial charge in [-0.2, -0.15) is 28.5 Å². The fraction of sp³-hybridized carbons (Fsp3) is 0.238. The van der Waals surface area contributed by atoms with Crippen molar-refractivity contribution in [2.24, 2.45) is 0 Å². The number of alkyl halides is 3. The number of hydrogen-bond acceptors (Lipinski definition) is 7. The zero-order chi connectivity index (χ0) is 24.9. The lowest BCUT2D eigenvalue weighted by Crippen LogP contribution is -2.12. The molecule has 0 saturated carbocycles. The molecule has 0 radical (unpaired) electrons. The summed E-state index contributed by atoms with van der Waals surface area (Å²) in [5.41, 5.74) is 2.54. The maximum atomic E-state index is 13.0. The summed E-state index contributed by atoms with van der Waals surface area (Å²) in [5.74, 6) is -0.498. The van der Waals surface area contributed by atoms with Crippen LogP contribution in [0.5, 0.6) is 0 Å². The SMILES string of the molecule is CCn1ncc(-c2ccnc3c(C(=O)Nc4nc(C)c(-n5ccc(C(F)(F)F)n5)s4)cnn23)c1C. The van der Waals surface area contributed by atoms with Crippen LogP contribution >= 0.6 is 11.3 Å². The van der Waals surface area contributed by atoms with Crippen LogP contribution in [-0.4, -0.2) is 45.1 Å². The summed E-state index contributed by atoms with van der Waals surface area (Å²) in [5, 5.41) is 15.5. The van der Waals surface area contributed by atoms with E-state index in [-0.39, 0.29) is 10.7 Å². The molecule has 0 atom stereocenters. The van der Waals surface area contributed by atoms with Crippen LogP contribution in [0.15, 0.2) is 36.9 Å². The maximum Gasteiger partial charge on any atom is 0.435 e. The van der Waals surface area contributed by atoms with Crippen LogP contribution in [0.1, 0.15) is 34.4 Å². The van der Waals surface area contributed by atoms with Crippen LogP contribution in [0, 0.1) is 13.8 Å². The highest BCUT2D eigenvalue weighted by atomic mass is 32.1. The summed E-state index contributed by atoms with van der Waals surface area (Å²) in [4.78, 5) is 21.6. The van der Waals surface area contributed by atoms with Gasteiger partial charge < -0.3 is 0 Å². The van der Waals surface area contributed by atoms with Crippen molar-refractivity contribution in [1.82, 2.24) is 39.1 Å². The smallest absolute Gasteiger partial charge is 0.298 e. The Morgan fingerprint density at radius 3 is 2.66 bits per heavy atom. The van der Waals surface area contributed by atoms with Crippen molar-refractivity contribution in [2.45, 2.75) is 33.5 Å². The van der Waals surface area contributed by atoms with Crippen molar-refractivity contribution in [3.05, 3.63) is 59.6 Å². The molecule has 5 aromatic heterocycles. The second kappa shape index (κ2) is 8.30. The van der Waals surface area contributed by atoms with Gasteiger partial charge in [-0.25, -0.2) is 19.2 Å². The molecule has 1 N–H and O–H groups in total. The van der Waals surface area contributed by atoms with Gasteiger partial charge in [0.15, 0.2) is 16.5 Å². The molecule has 0 unspecified atom stereocenters. The normalized spacial score (nSPS) is 11.9. The molecule has 0 spiro atoms. The number of hydrogen-bond donors (Lipinski definition) is 1. The zero-order valence-corrected chi connectivity index (χ0v) is 19.5. The average molecular weight is 501 g/mol. The van der Waals surface area contributed by atoms with E-state index >= 15 is 0 Å². The highest BCUT2D eigenvalue weighted by Crippen LogP contribution is 2.31. The molecular weight excluding hydrogens is 483 g/mol. The molecule has 5 rings (SSSR count). The number of nitrogens with one attached hydrogen (secondary N) is 1. The van der Waals surface area contributed by atoms with Crippen molar-refractivity contribution in [3.63, 3.8) is 0 Å². The second-order valence-corrected chi connectivity index (χ2v) is 8.57. The first kappa shape index (κ1) is 22.7. The van der Waals surface area contributed by atoms with Crippen LogP contribution < -0.4 is 5.32 Å². The van der Waals surface area contributed by atoms with E-state index < -0.39 is 17.8 Å². The summed E-state index contributed by atoms with van der Waals surface area (Å²) >= 11 is 1.01. The average Bonchev–Trinajstić information content (AvgIpc) is 3.58. The number of aromatic nitrogens is 8. The lowest BCUT2D eigenvalue weighted by atomic mass is 10.2. The lowest BCUT2D eigenvalue weighted by molar-refractivity contribution is -0.141. The molecule has 0 saturated heterocycles. The van der Waals surface area contributed by atoms with Gasteiger partial charge in [0.1, 0.15) is 10.6 Å². The van der Waals surface area contributed by atoms with E-state index in [1.165, 1.54) is 12.4 Å². The maximum absolute atomic E-state index is 13.0. The number of fused-ring (bicyclic) bond motifs is 1. The van der Waals surface area contributed by atoms with Crippen LogP contribution in [-0.2, 0) is 12.7 Å². The van der Waals surface area contributed by atoms with Gasteiger partial charge in [-0.3, -0.25) is 14.8 Å². The van der Waals surface area contributed by atoms with Gasteiger partial charge >= 0.3 is 6.18 Å². The van der Waals surface area contributed by atoms with E-state index in [1.807, 2.05) is 18.5 Å². The number of nitrogens with zero attached hydrogens (tertiary/aromatic N) is 8. The largest absolute Gasteiger partial charge is 0.435 e. The number of anilines is 1. The van der Waals surface area contributed by atoms with Crippen LogP contribution in [0.4, 0.5) is 18.3 Å². The van der Waals surface area contributed by atoms with Gasteiger partial charge in [0.25, 0.3) is 5.91 Å². The molecule has 0 aromatic carbocycles. The Morgan fingerprint density at radius 1 is 1.17 bits per heavy atom. The van der Waals surface area contributed by atoms with E-state index in [0.717, 1.165) is 45.6 Å². The second-order valence-electron chi connectivity index (χ2n) is 7.59. The lowest BCUT2D eigenvalue weighted by Gasteiger charge is -2.05. The molecule has 35 heavy (non-hydrogen) atoms. The number of aryl methyl sites for hydroxylation is 2. The van der Waals surface area contributed by atoms with Crippen LogP contribution in [0.3, 0.4) is 0 Å². The first-order valence-corrected chi connectivity index (χ1v) is 11.3. The van der Waals surface area contributed by atoms with Crippen molar-refractivity contribution < 1.29 is 18.0 Å². The molecule has 5 heterocycles. The summed E-state index contributed by atoms with van der Waals surface area (Å²) in [6.45, 7) is 6.29. The summed E-state index contributed by atoms with van der Waals surface area (Å²) in [7, 11) is 0. The number of thiazole rings is 1. The Hall–Kier alpha value is -4.07. The molecule has 5 aromatic rings. The molecule has 0 aliphatic heterocycles. The molecular formula is C21H18F3N9OS. The fourth-order valence-electron chi connectivity index (χ4n) is 3.68. The van der Waals surface area contributed by atoms with Crippen molar-refractivity contribution >= 4 is 28.0 Å². The predicted molar refractivity (Wildman–Crippen MR) is 122 cm³/mol. The first-order valence-electron chi connectivity index (χ1n) is 10.4. The van der Waals surface area contributed by atoms with Crippen LogP contribution in [0.25, 0.3) is 21.9 Å². The van der Waals surface area contributed by atoms with E-state index in [4.69, 9.17) is 0 Å². The Bertz CT molecular complexity index is 1560. The topological polar surface area (TPSA) is 108 Å². The highest BCUT2D eigenvalue weighted by Gasteiger charge is 2.34. The van der Waals surface area contributed by atoms with E-state index in [2.05, 4.69) is 30.6 Å². The monoisotopic (exact) mass is 501 g/mol. The Labute approximate surface area is 200 Å². The molecule has 1 amide bonds. The van der Waals surface area contributed by atoms with Crippen LogP contribution in [0.2, 0.25) is 0 Å². The van der Waals surface area contributed by atoms with Gasteiger partial charge in [-0.1, -0.05) is 11.3 Å². The van der Waals surface area contributed by atoms with E-state index in [0.29, 0.717) is 16.3 Å².